The van der Waals surface area contributed by atoms with Crippen molar-refractivity contribution in [1.82, 2.24) is 9.97 Å². The molecule has 11 rings (SSSR count). The lowest BCUT2D eigenvalue weighted by molar-refractivity contribution is 0.661. The Morgan fingerprint density at radius 3 is 1.80 bits per heavy atom. The van der Waals surface area contributed by atoms with Crippen LogP contribution in [0.25, 0.3) is 98.2 Å². The first-order valence-electron chi connectivity index (χ1n) is 19.2. The van der Waals surface area contributed by atoms with Gasteiger partial charge in [-0.3, -0.25) is 0 Å². The van der Waals surface area contributed by atoms with Gasteiger partial charge in [0.05, 0.1) is 11.4 Å². The van der Waals surface area contributed by atoms with Crippen LogP contribution in [0.3, 0.4) is 0 Å². The molecule has 2 nitrogen and oxygen atoms in total. The van der Waals surface area contributed by atoms with Crippen molar-refractivity contribution in [3.63, 3.8) is 0 Å². The summed E-state index contributed by atoms with van der Waals surface area (Å²) in [5.41, 5.74) is 13.8. The van der Waals surface area contributed by atoms with Crippen LogP contribution in [0.1, 0.15) is 25.0 Å². The Morgan fingerprint density at radius 1 is 0.411 bits per heavy atom. The highest BCUT2D eigenvalue weighted by Gasteiger charge is 2.37. The van der Waals surface area contributed by atoms with Gasteiger partial charge in [0.1, 0.15) is 0 Å². The summed E-state index contributed by atoms with van der Waals surface area (Å²) in [5, 5.41) is 6.16. The molecule has 2 aromatic heterocycles. The van der Waals surface area contributed by atoms with Crippen molar-refractivity contribution in [2.75, 3.05) is 0 Å². The molecule has 0 saturated carbocycles. The lowest BCUT2D eigenvalue weighted by Crippen LogP contribution is -2.14. The molecule has 10 aromatic rings. The predicted octanol–water partition coefficient (Wildman–Crippen LogP) is 14.6. The van der Waals surface area contributed by atoms with Gasteiger partial charge >= 0.3 is 0 Å². The zero-order chi connectivity index (χ0) is 37.4. The molecule has 1 aliphatic rings. The quantitative estimate of drug-likeness (QED) is 0.176. The molecule has 3 heteroatoms. The number of nitrogens with zero attached hydrogens (tertiary/aromatic N) is 2. The van der Waals surface area contributed by atoms with Crippen LogP contribution in [0.2, 0.25) is 0 Å². The van der Waals surface area contributed by atoms with E-state index < -0.39 is 0 Å². The zero-order valence-electron chi connectivity index (χ0n) is 31.1. The Kier molecular flexibility index (Phi) is 7.42. The number of aromatic nitrogens is 2. The average molecular weight is 733 g/mol. The van der Waals surface area contributed by atoms with E-state index in [0.717, 1.165) is 39.3 Å². The number of rotatable bonds is 5. The standard InChI is InChI=1S/C53H36N2S/c1-53(2)45-25-14-24-43(51(45)44-29-34-17-6-7-18-35(34)30-46(44)53)48-32-47(54-52(55-48)33-15-4-3-5-16-33)41-28-27-40(37-20-9-10-21-38(37)41)39-22-11-12-23-42(39)50-31-36-19-8-13-26-49(36)56-50/h3-32H,1-2H3. The van der Waals surface area contributed by atoms with E-state index in [1.807, 2.05) is 17.4 Å². The molecule has 0 spiro atoms. The summed E-state index contributed by atoms with van der Waals surface area (Å²) in [4.78, 5) is 12.0. The second-order valence-electron chi connectivity index (χ2n) is 15.3. The molecule has 0 N–H and O–H groups in total. The van der Waals surface area contributed by atoms with Gasteiger partial charge in [-0.15, -0.1) is 11.3 Å². The molecule has 56 heavy (non-hydrogen) atoms. The van der Waals surface area contributed by atoms with Crippen molar-refractivity contribution in [1.29, 1.82) is 0 Å². The molecule has 0 bridgehead atoms. The minimum atomic E-state index is -0.152. The molecule has 0 fully saturated rings. The van der Waals surface area contributed by atoms with Gasteiger partial charge in [0.25, 0.3) is 0 Å². The van der Waals surface area contributed by atoms with Gasteiger partial charge < -0.3 is 0 Å². The molecule has 0 radical (unpaired) electrons. The van der Waals surface area contributed by atoms with Crippen molar-refractivity contribution in [3.8, 4) is 66.6 Å². The Balaban J connectivity index is 1.12. The summed E-state index contributed by atoms with van der Waals surface area (Å²) >= 11 is 1.85. The first kappa shape index (κ1) is 32.7. The van der Waals surface area contributed by atoms with E-state index in [1.54, 1.807) is 0 Å². The third-order valence-corrected chi connectivity index (χ3v) is 12.9. The van der Waals surface area contributed by atoms with Crippen LogP contribution in [-0.2, 0) is 5.41 Å². The van der Waals surface area contributed by atoms with E-state index in [0.29, 0.717) is 0 Å². The zero-order valence-corrected chi connectivity index (χ0v) is 31.9. The molecular formula is C53H36N2S. The topological polar surface area (TPSA) is 25.8 Å². The average Bonchev–Trinajstić information content (AvgIpc) is 3.79. The van der Waals surface area contributed by atoms with Gasteiger partial charge in [0.15, 0.2) is 5.82 Å². The lowest BCUT2D eigenvalue weighted by Gasteiger charge is -2.22. The van der Waals surface area contributed by atoms with Gasteiger partial charge in [-0.05, 0) is 96.2 Å². The molecule has 8 aromatic carbocycles. The van der Waals surface area contributed by atoms with E-state index in [2.05, 4.69) is 190 Å². The smallest absolute Gasteiger partial charge is 0.160 e. The SMILES string of the molecule is CC1(C)c2cc3ccccc3cc2-c2c(-c3cc(-c4ccc(-c5ccccc5-c5cc6ccccc6s5)c5ccccc45)nc(-c4ccccc4)n3)cccc21. The second-order valence-corrected chi connectivity index (χ2v) is 16.4. The molecule has 1 aliphatic carbocycles. The van der Waals surface area contributed by atoms with E-state index in [-0.39, 0.29) is 5.41 Å². The highest BCUT2D eigenvalue weighted by Crippen LogP contribution is 2.53. The Morgan fingerprint density at radius 2 is 1.02 bits per heavy atom. The summed E-state index contributed by atoms with van der Waals surface area (Å²) in [6.45, 7) is 4.70. The summed E-state index contributed by atoms with van der Waals surface area (Å²) in [7, 11) is 0. The van der Waals surface area contributed by atoms with Crippen molar-refractivity contribution < 1.29 is 0 Å². The molecule has 2 heterocycles. The normalized spacial score (nSPS) is 13.0. The van der Waals surface area contributed by atoms with Crippen LogP contribution < -0.4 is 0 Å². The third kappa shape index (κ3) is 5.16. The highest BCUT2D eigenvalue weighted by molar-refractivity contribution is 7.22. The van der Waals surface area contributed by atoms with Crippen LogP contribution in [0.4, 0.5) is 0 Å². The fraction of sp³-hybridized carbons (Fsp3) is 0.0566. The minimum Gasteiger partial charge on any atom is -0.228 e. The van der Waals surface area contributed by atoms with E-state index >= 15 is 0 Å². The van der Waals surface area contributed by atoms with Crippen molar-refractivity contribution >= 4 is 43.0 Å². The number of benzene rings is 8. The van der Waals surface area contributed by atoms with Crippen LogP contribution in [0.5, 0.6) is 0 Å². The number of fused-ring (bicyclic) bond motifs is 6. The fourth-order valence-corrected chi connectivity index (χ4v) is 10.0. The summed E-state index contributed by atoms with van der Waals surface area (Å²) in [5.74, 6) is 0.718. The molecule has 0 unspecified atom stereocenters. The van der Waals surface area contributed by atoms with E-state index in [1.165, 1.54) is 70.1 Å². The van der Waals surface area contributed by atoms with Crippen molar-refractivity contribution in [2.45, 2.75) is 19.3 Å². The van der Waals surface area contributed by atoms with Gasteiger partial charge in [-0.1, -0.05) is 166 Å². The van der Waals surface area contributed by atoms with Crippen LogP contribution in [-0.4, -0.2) is 9.97 Å². The van der Waals surface area contributed by atoms with Gasteiger partial charge in [-0.2, -0.15) is 0 Å². The van der Waals surface area contributed by atoms with Crippen LogP contribution in [0, 0.1) is 0 Å². The molecule has 0 saturated heterocycles. The Hall–Kier alpha value is -6.68. The largest absolute Gasteiger partial charge is 0.228 e. The van der Waals surface area contributed by atoms with Crippen molar-refractivity contribution in [2.24, 2.45) is 0 Å². The maximum atomic E-state index is 5.36. The first-order chi connectivity index (χ1) is 27.5. The number of hydrogen-bond donors (Lipinski definition) is 0. The Labute approximate surface area is 330 Å². The monoisotopic (exact) mass is 732 g/mol. The second kappa shape index (κ2) is 12.7. The maximum Gasteiger partial charge on any atom is 0.160 e. The third-order valence-electron chi connectivity index (χ3n) is 11.7. The minimum absolute atomic E-state index is 0.152. The number of hydrogen-bond acceptors (Lipinski definition) is 3. The molecule has 0 atom stereocenters. The maximum absolute atomic E-state index is 5.36. The lowest BCUT2D eigenvalue weighted by atomic mass is 9.81. The molecule has 264 valence electrons. The highest BCUT2D eigenvalue weighted by atomic mass is 32.1. The van der Waals surface area contributed by atoms with E-state index in [9.17, 15) is 0 Å². The van der Waals surface area contributed by atoms with E-state index in [4.69, 9.17) is 9.97 Å². The number of thiophene rings is 1. The van der Waals surface area contributed by atoms with Gasteiger partial charge in [0, 0.05) is 31.7 Å². The summed E-state index contributed by atoms with van der Waals surface area (Å²) in [6.07, 6.45) is 0. The summed E-state index contributed by atoms with van der Waals surface area (Å²) in [6, 6.07) is 65.9. The van der Waals surface area contributed by atoms with Gasteiger partial charge in [0.2, 0.25) is 0 Å². The van der Waals surface area contributed by atoms with Gasteiger partial charge in [-0.25, -0.2) is 9.97 Å². The molecule has 0 aliphatic heterocycles. The predicted molar refractivity (Wildman–Crippen MR) is 237 cm³/mol. The van der Waals surface area contributed by atoms with Crippen molar-refractivity contribution in [3.05, 3.63) is 193 Å². The first-order valence-corrected chi connectivity index (χ1v) is 20.1. The molecular weight excluding hydrogens is 697 g/mol. The Bertz CT molecular complexity index is 3140. The van der Waals surface area contributed by atoms with Crippen LogP contribution in [0.15, 0.2) is 182 Å². The molecule has 0 amide bonds. The fourth-order valence-electron chi connectivity index (χ4n) is 8.93. The summed E-state index contributed by atoms with van der Waals surface area (Å²) < 4.78 is 1.30. The van der Waals surface area contributed by atoms with Crippen LogP contribution >= 0.6 is 11.3 Å².